The number of amides is 1. The van der Waals surface area contributed by atoms with Gasteiger partial charge in [-0.1, -0.05) is 0 Å². The van der Waals surface area contributed by atoms with E-state index in [0.29, 0.717) is 4.67 Å². The topological polar surface area (TPSA) is 54.6 Å². The Morgan fingerprint density at radius 3 is 2.67 bits per heavy atom. The van der Waals surface area contributed by atoms with Crippen LogP contribution in [0.15, 0.2) is 42.2 Å². The quantitative estimate of drug-likeness (QED) is 0.634. The minimum Gasteiger partial charge on any atom is -0.444 e. The highest BCUT2D eigenvalue weighted by Crippen LogP contribution is 2.22. The Kier molecular flexibility index (Phi) is 4.36. The van der Waals surface area contributed by atoms with Crippen LogP contribution in [0, 0.1) is 0 Å². The van der Waals surface area contributed by atoms with Crippen molar-refractivity contribution in [3.8, 4) is 0 Å². The van der Waals surface area contributed by atoms with Gasteiger partial charge in [0.15, 0.2) is 10.4 Å². The van der Waals surface area contributed by atoms with Gasteiger partial charge < -0.3 is 4.42 Å². The molecular weight excluding hydrogens is 384 g/mol. The third-order valence-corrected chi connectivity index (χ3v) is 4.21. The molecule has 7 heteroatoms. The van der Waals surface area contributed by atoms with E-state index in [4.69, 9.17) is 4.42 Å². The first kappa shape index (κ1) is 13.5. The second kappa shape index (κ2) is 5.81. The molecule has 0 unspecified atom stereocenters. The summed E-state index contributed by atoms with van der Waals surface area (Å²) in [5.74, 6) is -0.165. The van der Waals surface area contributed by atoms with Crippen LogP contribution in [0.3, 0.4) is 0 Å². The normalized spacial score (nSPS) is 11.6. The predicted molar refractivity (Wildman–Crippen MR) is 78.1 cm³/mol. The SMILES string of the molecule is C/C(=N\NC(=O)c1ccc(Br)o1)c1ccc(Br)s1. The molecule has 0 aliphatic carbocycles. The first-order valence-electron chi connectivity index (χ1n) is 4.92. The molecule has 0 bridgehead atoms. The van der Waals surface area contributed by atoms with Gasteiger partial charge in [0.25, 0.3) is 0 Å². The standard InChI is InChI=1S/C11H8Br2N2O2S/c1-6(8-3-5-10(13)18-8)14-15-11(16)7-2-4-9(12)17-7/h2-5H,1H3,(H,15,16)/b14-6+. The van der Waals surface area contributed by atoms with E-state index < -0.39 is 0 Å². The van der Waals surface area contributed by atoms with Crippen molar-refractivity contribution in [2.24, 2.45) is 5.10 Å². The summed E-state index contributed by atoms with van der Waals surface area (Å²) in [6.07, 6.45) is 0. The molecular formula is C11H8Br2N2O2S. The fraction of sp³-hybridized carbons (Fsp3) is 0.0909. The van der Waals surface area contributed by atoms with E-state index >= 15 is 0 Å². The number of furan rings is 1. The highest BCUT2D eigenvalue weighted by molar-refractivity contribution is 9.11. The number of carbonyl (C=O) groups is 1. The Bertz CT molecular complexity index is 604. The summed E-state index contributed by atoms with van der Waals surface area (Å²) in [5, 5.41) is 4.02. The van der Waals surface area contributed by atoms with E-state index in [-0.39, 0.29) is 11.7 Å². The van der Waals surface area contributed by atoms with Crippen LogP contribution in [0.4, 0.5) is 0 Å². The molecule has 2 aromatic rings. The average Bonchev–Trinajstić information content (AvgIpc) is 2.94. The molecule has 0 atom stereocenters. The number of hydrogen-bond donors (Lipinski definition) is 1. The maximum absolute atomic E-state index is 11.7. The minimum atomic E-state index is -0.379. The van der Waals surface area contributed by atoms with Gasteiger partial charge in [0, 0.05) is 0 Å². The van der Waals surface area contributed by atoms with Gasteiger partial charge in [-0.05, 0) is 63.0 Å². The Morgan fingerprint density at radius 2 is 2.11 bits per heavy atom. The third kappa shape index (κ3) is 3.30. The highest BCUT2D eigenvalue weighted by atomic mass is 79.9. The van der Waals surface area contributed by atoms with Crippen LogP contribution in [-0.4, -0.2) is 11.6 Å². The number of carbonyl (C=O) groups excluding carboxylic acids is 1. The molecule has 0 saturated heterocycles. The first-order chi connectivity index (χ1) is 8.56. The number of hydrogen-bond acceptors (Lipinski definition) is 4. The molecule has 1 N–H and O–H groups in total. The van der Waals surface area contributed by atoms with Gasteiger partial charge in [-0.3, -0.25) is 4.79 Å². The van der Waals surface area contributed by atoms with Crippen LogP contribution in [0.1, 0.15) is 22.4 Å². The average molecular weight is 392 g/mol. The number of thiophene rings is 1. The first-order valence-corrected chi connectivity index (χ1v) is 7.32. The van der Waals surface area contributed by atoms with E-state index in [1.165, 1.54) is 0 Å². The zero-order valence-corrected chi connectivity index (χ0v) is 13.2. The summed E-state index contributed by atoms with van der Waals surface area (Å²) in [5.41, 5.74) is 3.19. The summed E-state index contributed by atoms with van der Waals surface area (Å²) in [6, 6.07) is 7.10. The molecule has 0 saturated carbocycles. The summed E-state index contributed by atoms with van der Waals surface area (Å²) in [7, 11) is 0. The van der Waals surface area contributed by atoms with E-state index in [2.05, 4.69) is 42.4 Å². The van der Waals surface area contributed by atoms with Gasteiger partial charge in [-0.15, -0.1) is 11.3 Å². The van der Waals surface area contributed by atoms with Gasteiger partial charge in [-0.2, -0.15) is 5.10 Å². The van der Waals surface area contributed by atoms with Gasteiger partial charge in [0.05, 0.1) is 14.4 Å². The molecule has 0 radical (unpaired) electrons. The number of rotatable bonds is 3. The Morgan fingerprint density at radius 1 is 1.33 bits per heavy atom. The number of halogens is 2. The van der Waals surface area contributed by atoms with Gasteiger partial charge in [0.1, 0.15) is 0 Å². The summed E-state index contributed by atoms with van der Waals surface area (Å²) in [6.45, 7) is 1.83. The van der Waals surface area contributed by atoms with Gasteiger partial charge >= 0.3 is 5.91 Å². The molecule has 0 aromatic carbocycles. The minimum absolute atomic E-state index is 0.214. The molecule has 2 rings (SSSR count). The second-order valence-electron chi connectivity index (χ2n) is 3.35. The van der Waals surface area contributed by atoms with Crippen molar-refractivity contribution < 1.29 is 9.21 Å². The molecule has 4 nitrogen and oxygen atoms in total. The molecule has 0 spiro atoms. The van der Waals surface area contributed by atoms with Crippen LogP contribution in [0.2, 0.25) is 0 Å². The van der Waals surface area contributed by atoms with Crippen molar-refractivity contribution in [1.82, 2.24) is 5.43 Å². The molecule has 18 heavy (non-hydrogen) atoms. The van der Waals surface area contributed by atoms with Crippen molar-refractivity contribution in [1.29, 1.82) is 0 Å². The Labute approximate surface area is 124 Å². The van der Waals surface area contributed by atoms with Crippen molar-refractivity contribution in [2.75, 3.05) is 0 Å². The number of nitrogens with zero attached hydrogens (tertiary/aromatic N) is 1. The smallest absolute Gasteiger partial charge is 0.307 e. The van der Waals surface area contributed by atoms with E-state index in [0.717, 1.165) is 14.4 Å². The maximum Gasteiger partial charge on any atom is 0.307 e. The molecule has 94 valence electrons. The van der Waals surface area contributed by atoms with E-state index in [1.54, 1.807) is 23.5 Å². The predicted octanol–water partition coefficient (Wildman–Crippen LogP) is 4.02. The highest BCUT2D eigenvalue weighted by Gasteiger charge is 2.09. The van der Waals surface area contributed by atoms with Crippen molar-refractivity contribution in [3.05, 3.63) is 43.4 Å². The lowest BCUT2D eigenvalue weighted by Crippen LogP contribution is -2.18. The molecule has 0 aliphatic rings. The van der Waals surface area contributed by atoms with Crippen molar-refractivity contribution >= 4 is 54.8 Å². The molecule has 0 fully saturated rings. The molecule has 2 aromatic heterocycles. The van der Waals surface area contributed by atoms with Crippen molar-refractivity contribution in [3.63, 3.8) is 0 Å². The Balaban J connectivity index is 2.04. The fourth-order valence-corrected chi connectivity index (χ4v) is 2.83. The van der Waals surface area contributed by atoms with E-state index in [9.17, 15) is 4.79 Å². The maximum atomic E-state index is 11.7. The summed E-state index contributed by atoms with van der Waals surface area (Å²) < 4.78 is 6.65. The zero-order chi connectivity index (χ0) is 13.1. The largest absolute Gasteiger partial charge is 0.444 e. The molecule has 2 heterocycles. The van der Waals surface area contributed by atoms with E-state index in [1.807, 2.05) is 19.1 Å². The lowest BCUT2D eigenvalue weighted by atomic mass is 10.3. The number of hydrazone groups is 1. The van der Waals surface area contributed by atoms with Crippen LogP contribution in [0.5, 0.6) is 0 Å². The van der Waals surface area contributed by atoms with Gasteiger partial charge in [0.2, 0.25) is 0 Å². The molecule has 1 amide bonds. The van der Waals surface area contributed by atoms with Crippen LogP contribution < -0.4 is 5.43 Å². The second-order valence-corrected chi connectivity index (χ2v) is 6.59. The summed E-state index contributed by atoms with van der Waals surface area (Å²) in [4.78, 5) is 12.6. The monoisotopic (exact) mass is 390 g/mol. The summed E-state index contributed by atoms with van der Waals surface area (Å²) >= 11 is 8.06. The zero-order valence-electron chi connectivity index (χ0n) is 9.24. The lowest BCUT2D eigenvalue weighted by Gasteiger charge is -1.98. The van der Waals surface area contributed by atoms with Crippen LogP contribution in [0.25, 0.3) is 0 Å². The van der Waals surface area contributed by atoms with Crippen LogP contribution >= 0.6 is 43.2 Å². The number of nitrogens with one attached hydrogen (secondary N) is 1. The van der Waals surface area contributed by atoms with Gasteiger partial charge in [-0.25, -0.2) is 5.43 Å². The fourth-order valence-electron chi connectivity index (χ4n) is 1.19. The van der Waals surface area contributed by atoms with Crippen LogP contribution in [-0.2, 0) is 0 Å². The molecule has 0 aliphatic heterocycles. The lowest BCUT2D eigenvalue weighted by molar-refractivity contribution is 0.0926. The van der Waals surface area contributed by atoms with Crippen molar-refractivity contribution in [2.45, 2.75) is 6.92 Å². The Hall–Kier alpha value is -0.920. The third-order valence-electron chi connectivity index (χ3n) is 2.05.